The van der Waals surface area contributed by atoms with Crippen molar-refractivity contribution in [2.24, 2.45) is 0 Å². The van der Waals surface area contributed by atoms with Crippen LogP contribution in [0.3, 0.4) is 0 Å². The van der Waals surface area contributed by atoms with Gasteiger partial charge in [0.25, 0.3) is 5.56 Å². The second kappa shape index (κ2) is 5.50. The van der Waals surface area contributed by atoms with Crippen molar-refractivity contribution in [2.75, 3.05) is 0 Å². The van der Waals surface area contributed by atoms with Gasteiger partial charge >= 0.3 is 0 Å². The van der Waals surface area contributed by atoms with Gasteiger partial charge in [0.2, 0.25) is 5.78 Å². The van der Waals surface area contributed by atoms with Crippen LogP contribution in [0.15, 0.2) is 53.3 Å². The molecule has 126 valence electrons. The zero-order valence-electron chi connectivity index (χ0n) is 13.1. The quantitative estimate of drug-likeness (QED) is 0.501. The molecule has 8 nitrogen and oxygen atoms in total. The number of aromatic amines is 2. The van der Waals surface area contributed by atoms with Gasteiger partial charge in [-0.05, 0) is 36.4 Å². The zero-order chi connectivity index (χ0) is 17.7. The Kier molecular flexibility index (Phi) is 3.13. The van der Waals surface area contributed by atoms with Crippen molar-refractivity contribution in [2.45, 2.75) is 0 Å². The maximum Gasteiger partial charge on any atom is 0.276 e. The van der Waals surface area contributed by atoms with Gasteiger partial charge in [-0.15, -0.1) is 10.2 Å². The molecule has 0 amide bonds. The summed E-state index contributed by atoms with van der Waals surface area (Å²) in [7, 11) is 0. The maximum absolute atomic E-state index is 12.5. The summed E-state index contributed by atoms with van der Waals surface area (Å²) >= 11 is 5.91. The number of benzene rings is 2. The second-order valence-electron chi connectivity index (χ2n) is 5.74. The van der Waals surface area contributed by atoms with E-state index in [9.17, 15) is 4.79 Å². The average Bonchev–Trinajstić information content (AvgIpc) is 3.28. The maximum atomic E-state index is 12.5. The number of hydrogen-bond donors (Lipinski definition) is 2. The molecule has 0 unspecified atom stereocenters. The summed E-state index contributed by atoms with van der Waals surface area (Å²) in [6.45, 7) is 0. The van der Waals surface area contributed by atoms with Crippen LogP contribution in [0.2, 0.25) is 5.02 Å². The summed E-state index contributed by atoms with van der Waals surface area (Å²) < 4.78 is 1.24. The van der Waals surface area contributed by atoms with Crippen LogP contribution in [-0.2, 0) is 0 Å². The molecule has 0 radical (unpaired) electrons. The minimum absolute atomic E-state index is 0.276. The Labute approximate surface area is 150 Å². The monoisotopic (exact) mass is 363 g/mol. The van der Waals surface area contributed by atoms with E-state index in [1.807, 2.05) is 18.2 Å². The van der Waals surface area contributed by atoms with Crippen molar-refractivity contribution >= 4 is 28.4 Å². The Morgan fingerprint density at radius 3 is 2.65 bits per heavy atom. The highest BCUT2D eigenvalue weighted by molar-refractivity contribution is 6.30. The summed E-state index contributed by atoms with van der Waals surface area (Å²) in [5, 5.41) is 15.5. The molecule has 5 aromatic rings. The number of nitrogens with zero attached hydrogens (tertiary/aromatic N) is 5. The highest BCUT2D eigenvalue weighted by Gasteiger charge is 2.11. The topological polar surface area (TPSA) is 105 Å². The Hall–Kier alpha value is -3.52. The summed E-state index contributed by atoms with van der Waals surface area (Å²) in [5.41, 5.74) is 3.47. The molecule has 9 heteroatoms. The lowest BCUT2D eigenvalue weighted by molar-refractivity contribution is 0.904. The number of fused-ring (bicyclic) bond motifs is 2. The molecule has 0 aliphatic carbocycles. The normalized spacial score (nSPS) is 11.4. The van der Waals surface area contributed by atoms with Crippen LogP contribution in [0, 0.1) is 0 Å². The first-order valence-corrected chi connectivity index (χ1v) is 8.12. The first-order chi connectivity index (χ1) is 12.7. The van der Waals surface area contributed by atoms with Gasteiger partial charge in [0.05, 0.1) is 11.2 Å². The summed E-state index contributed by atoms with van der Waals surface area (Å²) in [6.07, 6.45) is 0. The lowest BCUT2D eigenvalue weighted by Crippen LogP contribution is -2.14. The fraction of sp³-hybridized carbons (Fsp3) is 0. The molecule has 3 aromatic heterocycles. The SMILES string of the molecule is O=c1cc(-c2ccc3[nH]nnc3c2)[nH]c2nc(-c3ccc(Cl)cc3)nn12. The Morgan fingerprint density at radius 2 is 1.81 bits per heavy atom. The Balaban J connectivity index is 1.66. The highest BCUT2D eigenvalue weighted by Crippen LogP contribution is 2.21. The Bertz CT molecular complexity index is 1320. The average molecular weight is 364 g/mol. The van der Waals surface area contributed by atoms with E-state index in [2.05, 4.69) is 30.5 Å². The van der Waals surface area contributed by atoms with Crippen LogP contribution in [-0.4, -0.2) is 35.0 Å². The predicted octanol–water partition coefficient (Wildman–Crippen LogP) is 2.68. The number of nitrogens with one attached hydrogen (secondary N) is 2. The van der Waals surface area contributed by atoms with E-state index in [0.717, 1.165) is 16.6 Å². The van der Waals surface area contributed by atoms with E-state index in [1.54, 1.807) is 24.3 Å². The van der Waals surface area contributed by atoms with Gasteiger partial charge in [-0.3, -0.25) is 9.89 Å². The minimum Gasteiger partial charge on any atom is -0.323 e. The third-order valence-electron chi connectivity index (χ3n) is 4.07. The first-order valence-electron chi connectivity index (χ1n) is 7.75. The van der Waals surface area contributed by atoms with Gasteiger partial charge in [-0.25, -0.2) is 0 Å². The van der Waals surface area contributed by atoms with Gasteiger partial charge in [0, 0.05) is 22.2 Å². The van der Waals surface area contributed by atoms with Crippen LogP contribution < -0.4 is 5.56 Å². The Morgan fingerprint density at radius 1 is 1.00 bits per heavy atom. The van der Waals surface area contributed by atoms with Crippen LogP contribution in [0.4, 0.5) is 0 Å². The lowest BCUT2D eigenvalue weighted by Gasteiger charge is -2.01. The molecule has 0 spiro atoms. The molecule has 5 rings (SSSR count). The zero-order valence-corrected chi connectivity index (χ0v) is 13.9. The fourth-order valence-corrected chi connectivity index (χ4v) is 2.90. The highest BCUT2D eigenvalue weighted by atomic mass is 35.5. The molecular formula is C17H10ClN7O. The number of H-pyrrole nitrogens is 2. The van der Waals surface area contributed by atoms with E-state index >= 15 is 0 Å². The number of rotatable bonds is 2. The summed E-state index contributed by atoms with van der Waals surface area (Å²) in [4.78, 5) is 20.0. The molecule has 0 bridgehead atoms. The molecule has 0 saturated carbocycles. The van der Waals surface area contributed by atoms with Crippen molar-refractivity contribution in [3.05, 3.63) is 63.9 Å². The van der Waals surface area contributed by atoms with Crippen molar-refractivity contribution < 1.29 is 0 Å². The van der Waals surface area contributed by atoms with Crippen LogP contribution in [0.1, 0.15) is 0 Å². The third-order valence-corrected chi connectivity index (χ3v) is 4.32. The number of aromatic nitrogens is 7. The van der Waals surface area contributed by atoms with Crippen molar-refractivity contribution in [3.8, 4) is 22.6 Å². The van der Waals surface area contributed by atoms with Gasteiger partial charge in [-0.2, -0.15) is 9.50 Å². The summed E-state index contributed by atoms with van der Waals surface area (Å²) in [5.74, 6) is 0.803. The standard InChI is InChI=1S/C17H10ClN7O/c18-11-4-1-9(2-5-11)16-20-17-19-13(8-15(26)25(17)23-16)10-3-6-12-14(7-10)22-24-21-12/h1-8H,(H,19,20,23)(H,21,22,24). The number of halogens is 1. The smallest absolute Gasteiger partial charge is 0.276 e. The van der Waals surface area contributed by atoms with Crippen molar-refractivity contribution in [1.29, 1.82) is 0 Å². The minimum atomic E-state index is -0.276. The van der Waals surface area contributed by atoms with E-state index in [-0.39, 0.29) is 5.56 Å². The molecule has 26 heavy (non-hydrogen) atoms. The molecule has 0 saturated heterocycles. The fourth-order valence-electron chi connectivity index (χ4n) is 2.77. The molecule has 0 aliphatic rings. The molecule has 3 heterocycles. The molecule has 0 fully saturated rings. The molecule has 0 atom stereocenters. The van der Waals surface area contributed by atoms with Crippen LogP contribution >= 0.6 is 11.6 Å². The van der Waals surface area contributed by atoms with Crippen molar-refractivity contribution in [3.63, 3.8) is 0 Å². The molecule has 2 aromatic carbocycles. The van der Waals surface area contributed by atoms with E-state index in [4.69, 9.17) is 11.6 Å². The molecule has 2 N–H and O–H groups in total. The van der Waals surface area contributed by atoms with Gasteiger partial charge < -0.3 is 4.98 Å². The van der Waals surface area contributed by atoms with E-state index in [0.29, 0.717) is 27.8 Å². The predicted molar refractivity (Wildman–Crippen MR) is 96.9 cm³/mol. The van der Waals surface area contributed by atoms with E-state index < -0.39 is 0 Å². The van der Waals surface area contributed by atoms with Gasteiger partial charge in [-0.1, -0.05) is 22.9 Å². The van der Waals surface area contributed by atoms with Crippen LogP contribution in [0.5, 0.6) is 0 Å². The molecular weight excluding hydrogens is 354 g/mol. The van der Waals surface area contributed by atoms with Gasteiger partial charge in [0.15, 0.2) is 5.82 Å². The number of hydrogen-bond acceptors (Lipinski definition) is 5. The van der Waals surface area contributed by atoms with E-state index in [1.165, 1.54) is 10.6 Å². The first kappa shape index (κ1) is 14.8. The second-order valence-corrected chi connectivity index (χ2v) is 6.18. The lowest BCUT2D eigenvalue weighted by atomic mass is 10.1. The van der Waals surface area contributed by atoms with Crippen LogP contribution in [0.25, 0.3) is 39.5 Å². The van der Waals surface area contributed by atoms with Crippen molar-refractivity contribution in [1.82, 2.24) is 35.0 Å². The third kappa shape index (κ3) is 2.35. The molecule has 0 aliphatic heterocycles. The summed E-state index contributed by atoms with van der Waals surface area (Å²) in [6, 6.07) is 14.2. The largest absolute Gasteiger partial charge is 0.323 e. The van der Waals surface area contributed by atoms with Gasteiger partial charge in [0.1, 0.15) is 5.52 Å².